The third kappa shape index (κ3) is 14.0. The summed E-state index contributed by atoms with van der Waals surface area (Å²) in [6, 6.07) is 10.4. The van der Waals surface area contributed by atoms with Crippen molar-refractivity contribution in [3.8, 4) is 0 Å². The maximum atomic E-state index is 8.96. The second-order valence-electron chi connectivity index (χ2n) is 5.88. The molecule has 6 N–H and O–H groups in total. The third-order valence-corrected chi connectivity index (χ3v) is 3.63. The van der Waals surface area contributed by atoms with Gasteiger partial charge in [-0.3, -0.25) is 5.57 Å². The Kier molecular flexibility index (Phi) is 19.3. The van der Waals surface area contributed by atoms with Crippen LogP contribution in [0.3, 0.4) is 0 Å². The molecular formula is C20H33LiN4O-2. The summed E-state index contributed by atoms with van der Waals surface area (Å²) in [5.74, 6) is 0.373. The van der Waals surface area contributed by atoms with Crippen molar-refractivity contribution in [3.63, 3.8) is 0 Å². The van der Waals surface area contributed by atoms with Gasteiger partial charge in [0.25, 0.3) is 0 Å². The maximum absolute atomic E-state index is 8.96. The number of nitrogens with one attached hydrogen (secondary N) is 3. The van der Waals surface area contributed by atoms with Crippen LogP contribution in [0.5, 0.6) is 0 Å². The quantitative estimate of drug-likeness (QED) is 0.266. The van der Waals surface area contributed by atoms with Gasteiger partial charge in [0.1, 0.15) is 0 Å². The Bertz CT molecular complexity index is 474. The van der Waals surface area contributed by atoms with Crippen molar-refractivity contribution in [2.45, 2.75) is 39.8 Å². The molecule has 0 aliphatic rings. The van der Waals surface area contributed by atoms with E-state index in [1.807, 2.05) is 38.1 Å². The van der Waals surface area contributed by atoms with Crippen molar-refractivity contribution in [2.24, 2.45) is 11.7 Å². The summed E-state index contributed by atoms with van der Waals surface area (Å²) in [6.07, 6.45) is 8.33. The number of benzene rings is 1. The van der Waals surface area contributed by atoms with E-state index in [9.17, 15) is 0 Å². The van der Waals surface area contributed by atoms with Crippen LogP contribution in [0.15, 0.2) is 42.0 Å². The van der Waals surface area contributed by atoms with Gasteiger partial charge in [-0.2, -0.15) is 6.54 Å². The van der Waals surface area contributed by atoms with Crippen LogP contribution in [0.1, 0.15) is 32.8 Å². The van der Waals surface area contributed by atoms with E-state index in [0.717, 1.165) is 25.1 Å². The van der Waals surface area contributed by atoms with Crippen molar-refractivity contribution >= 4 is 0 Å². The van der Waals surface area contributed by atoms with Gasteiger partial charge in [0.05, 0.1) is 6.61 Å². The molecule has 6 heteroatoms. The largest absolute Gasteiger partial charge is 1.00 e. The minimum Gasteiger partial charge on any atom is -0.676 e. The number of rotatable bonds is 10. The number of hydrogen-bond acceptors (Lipinski definition) is 4. The van der Waals surface area contributed by atoms with Crippen molar-refractivity contribution in [3.05, 3.63) is 65.7 Å². The molecule has 0 amide bonds. The van der Waals surface area contributed by atoms with Crippen LogP contribution in [0.25, 0.3) is 5.73 Å². The molecule has 142 valence electrons. The minimum absolute atomic E-state index is 0. The molecule has 1 rings (SSSR count). The Morgan fingerprint density at radius 2 is 1.96 bits per heavy atom. The average molecular weight is 352 g/mol. The molecule has 0 aliphatic carbocycles. The summed E-state index contributed by atoms with van der Waals surface area (Å²) in [5, 5.41) is 15.3. The normalized spacial score (nSPS) is 12.3. The van der Waals surface area contributed by atoms with Gasteiger partial charge in [0, 0.05) is 12.6 Å². The van der Waals surface area contributed by atoms with Crippen LogP contribution in [-0.2, 0) is 6.54 Å². The fourth-order valence-corrected chi connectivity index (χ4v) is 1.86. The minimum atomic E-state index is 0. The first-order chi connectivity index (χ1) is 12.1. The predicted molar refractivity (Wildman–Crippen MR) is 105 cm³/mol. The zero-order valence-electron chi connectivity index (χ0n) is 16.7. The molecule has 0 bridgehead atoms. The van der Waals surface area contributed by atoms with Gasteiger partial charge >= 0.3 is 18.9 Å². The fourth-order valence-electron chi connectivity index (χ4n) is 1.86. The molecule has 0 aliphatic heterocycles. The Balaban J connectivity index is 0. The maximum Gasteiger partial charge on any atom is 1.00 e. The summed E-state index contributed by atoms with van der Waals surface area (Å²) in [7, 11) is 0. The summed E-state index contributed by atoms with van der Waals surface area (Å²) < 4.78 is 0. The summed E-state index contributed by atoms with van der Waals surface area (Å²) in [6.45, 7) is 8.02. The number of aliphatic hydroxyl groups excluding tert-OH is 1. The molecule has 0 fully saturated rings. The summed E-state index contributed by atoms with van der Waals surface area (Å²) in [5.41, 5.74) is 14.1. The van der Waals surface area contributed by atoms with E-state index >= 15 is 0 Å². The van der Waals surface area contributed by atoms with Crippen LogP contribution in [0, 0.1) is 18.3 Å². The van der Waals surface area contributed by atoms with E-state index in [-0.39, 0.29) is 38.1 Å². The second-order valence-corrected chi connectivity index (χ2v) is 5.88. The van der Waals surface area contributed by atoms with E-state index in [1.54, 1.807) is 0 Å². The van der Waals surface area contributed by atoms with Gasteiger partial charge in [-0.05, 0) is 18.5 Å². The first kappa shape index (κ1) is 27.0. The first-order valence-corrected chi connectivity index (χ1v) is 8.74. The molecule has 0 saturated carbocycles. The molecule has 26 heavy (non-hydrogen) atoms. The van der Waals surface area contributed by atoms with E-state index in [0.29, 0.717) is 5.92 Å². The molecule has 1 aromatic carbocycles. The molecule has 1 aromatic rings. The summed E-state index contributed by atoms with van der Waals surface area (Å²) >= 11 is 0. The van der Waals surface area contributed by atoms with Crippen LogP contribution >= 0.6 is 0 Å². The van der Waals surface area contributed by atoms with Crippen LogP contribution in [-0.4, -0.2) is 30.8 Å². The van der Waals surface area contributed by atoms with E-state index in [2.05, 4.69) is 42.1 Å². The number of hydrogen-bond donors (Lipinski definition) is 4. The standard InChI is InChI=1S/C14H21N2O.C6H12N2.Li/c1-2-14(12-17)16-10-6-9-15-11-13-7-4-3-5-8-13;1-5(2)6(3-7)4-8;/h3-8,14-17H,2,10-12H2,1H3;5,7H,3,8H2,1-2H3;/q-1;-2;+1/t14-;;/m1../s1. The van der Waals surface area contributed by atoms with Crippen LogP contribution in [0.4, 0.5) is 0 Å². The second kappa shape index (κ2) is 18.6. The van der Waals surface area contributed by atoms with Crippen molar-refractivity contribution in [1.29, 1.82) is 0 Å². The molecule has 0 heterocycles. The van der Waals surface area contributed by atoms with Gasteiger partial charge in [-0.1, -0.05) is 57.0 Å². The molecule has 0 radical (unpaired) electrons. The van der Waals surface area contributed by atoms with Gasteiger partial charge in [0.15, 0.2) is 0 Å². The zero-order valence-corrected chi connectivity index (χ0v) is 16.7. The predicted octanol–water partition coefficient (Wildman–Crippen LogP) is -0.202. The Morgan fingerprint density at radius 3 is 2.38 bits per heavy atom. The molecule has 1 atom stereocenters. The Morgan fingerprint density at radius 1 is 1.31 bits per heavy atom. The number of nitrogens with two attached hydrogens (primary N) is 1. The molecule has 0 aromatic heterocycles. The van der Waals surface area contributed by atoms with E-state index < -0.39 is 0 Å². The molecule has 0 spiro atoms. The van der Waals surface area contributed by atoms with Gasteiger partial charge < -0.3 is 39.6 Å². The van der Waals surface area contributed by atoms with Crippen molar-refractivity contribution < 1.29 is 24.0 Å². The number of aliphatic hydroxyl groups is 1. The molecule has 0 unspecified atom stereocenters. The smallest absolute Gasteiger partial charge is 0.676 e. The third-order valence-electron chi connectivity index (χ3n) is 3.63. The molecule has 0 saturated heterocycles. The average Bonchev–Trinajstić information content (AvgIpc) is 2.63. The van der Waals surface area contributed by atoms with E-state index in [1.165, 1.54) is 5.56 Å². The fraction of sp³-hybridized carbons (Fsp3) is 0.500. The topological polar surface area (TPSA) is 94.1 Å². The zero-order chi connectivity index (χ0) is 18.9. The first-order valence-electron chi connectivity index (χ1n) is 8.74. The molecule has 5 nitrogen and oxygen atoms in total. The Labute approximate surface area is 171 Å². The Hall–Kier alpha value is -1.22. The van der Waals surface area contributed by atoms with Crippen LogP contribution < -0.4 is 35.2 Å². The van der Waals surface area contributed by atoms with Gasteiger partial charge in [0.2, 0.25) is 0 Å². The van der Waals surface area contributed by atoms with Crippen molar-refractivity contribution in [2.75, 3.05) is 19.7 Å². The summed E-state index contributed by atoms with van der Waals surface area (Å²) in [4.78, 5) is 0. The van der Waals surface area contributed by atoms with Gasteiger partial charge in [-0.15, -0.1) is 0 Å². The van der Waals surface area contributed by atoms with Crippen molar-refractivity contribution in [1.82, 2.24) is 10.6 Å². The van der Waals surface area contributed by atoms with Gasteiger partial charge in [-0.25, -0.2) is 6.08 Å². The van der Waals surface area contributed by atoms with Crippen LogP contribution in [0.2, 0.25) is 0 Å². The van der Waals surface area contributed by atoms with E-state index in [4.69, 9.17) is 16.6 Å². The SMILES string of the molecule is CC(C)C(=[C-]N)C[NH-].CC[C@H](CO)NCC=[C-]NCc1ccccc1.[Li+]. The monoisotopic (exact) mass is 352 g/mol. The molecular weight excluding hydrogens is 319 g/mol.